The third kappa shape index (κ3) is 3.98. The highest BCUT2D eigenvalue weighted by Gasteiger charge is 2.10. The first-order valence-corrected chi connectivity index (χ1v) is 8.27. The van der Waals surface area contributed by atoms with Crippen molar-refractivity contribution in [2.24, 2.45) is 0 Å². The largest absolute Gasteiger partial charge is 0.472 e. The van der Waals surface area contributed by atoms with Gasteiger partial charge in [-0.3, -0.25) is 9.36 Å². The zero-order valence-corrected chi connectivity index (χ0v) is 14.5. The molecule has 0 unspecified atom stereocenters. The minimum absolute atomic E-state index is 0.0903. The second-order valence-corrected chi connectivity index (χ2v) is 6.14. The van der Waals surface area contributed by atoms with Crippen molar-refractivity contribution in [3.8, 4) is 5.88 Å². The van der Waals surface area contributed by atoms with Gasteiger partial charge in [0.15, 0.2) is 0 Å². The summed E-state index contributed by atoms with van der Waals surface area (Å²) in [5, 5.41) is 0. The fraction of sp³-hybridized carbons (Fsp3) is 0.111. The quantitative estimate of drug-likeness (QED) is 0.597. The van der Waals surface area contributed by atoms with Crippen LogP contribution in [0.3, 0.4) is 0 Å². The van der Waals surface area contributed by atoms with Crippen LogP contribution in [0.1, 0.15) is 11.1 Å². The van der Waals surface area contributed by atoms with E-state index < -0.39 is 0 Å². The Morgan fingerprint density at radius 3 is 2.22 bits per heavy atom. The van der Waals surface area contributed by atoms with Crippen molar-refractivity contribution in [2.45, 2.75) is 13.2 Å². The van der Waals surface area contributed by atoms with Crippen molar-refractivity contribution in [2.75, 3.05) is 0 Å². The Bertz CT molecular complexity index is 833. The standard InChI is InChI=1S/C18H15IN2O2/c19-16-17(23-12-15-9-5-2-6-10-15)20-13-21(18(16)22)11-14-7-3-1-4-8-14/h1-10,13H,11-12H2. The summed E-state index contributed by atoms with van der Waals surface area (Å²) in [6, 6.07) is 19.6. The van der Waals surface area contributed by atoms with Crippen LogP contribution in [0, 0.1) is 3.57 Å². The summed E-state index contributed by atoms with van der Waals surface area (Å²) in [6.07, 6.45) is 1.54. The average Bonchev–Trinajstić information content (AvgIpc) is 2.60. The smallest absolute Gasteiger partial charge is 0.271 e. The van der Waals surface area contributed by atoms with E-state index in [9.17, 15) is 4.79 Å². The summed E-state index contributed by atoms with van der Waals surface area (Å²) in [7, 11) is 0. The molecule has 0 amide bonds. The molecular weight excluding hydrogens is 403 g/mol. The van der Waals surface area contributed by atoms with Gasteiger partial charge in [0, 0.05) is 0 Å². The Morgan fingerprint density at radius 2 is 1.57 bits per heavy atom. The van der Waals surface area contributed by atoms with Gasteiger partial charge in [-0.25, -0.2) is 4.98 Å². The van der Waals surface area contributed by atoms with E-state index in [0.717, 1.165) is 11.1 Å². The molecule has 0 aliphatic carbocycles. The van der Waals surface area contributed by atoms with Crippen LogP contribution >= 0.6 is 22.6 Å². The van der Waals surface area contributed by atoms with Crippen molar-refractivity contribution >= 4 is 22.6 Å². The third-order valence-corrected chi connectivity index (χ3v) is 4.29. The summed E-state index contributed by atoms with van der Waals surface area (Å²) in [5.74, 6) is 0.378. The monoisotopic (exact) mass is 418 g/mol. The predicted molar refractivity (Wildman–Crippen MR) is 97.5 cm³/mol. The van der Waals surface area contributed by atoms with E-state index >= 15 is 0 Å². The number of hydrogen-bond donors (Lipinski definition) is 0. The van der Waals surface area contributed by atoms with Gasteiger partial charge in [-0.1, -0.05) is 60.7 Å². The van der Waals surface area contributed by atoms with Crippen LogP contribution in [0.4, 0.5) is 0 Å². The third-order valence-electron chi connectivity index (χ3n) is 3.36. The van der Waals surface area contributed by atoms with E-state index in [2.05, 4.69) is 4.98 Å². The van der Waals surface area contributed by atoms with Crippen LogP contribution in [-0.2, 0) is 13.2 Å². The first kappa shape index (κ1) is 15.7. The maximum atomic E-state index is 12.4. The molecule has 116 valence electrons. The van der Waals surface area contributed by atoms with Gasteiger partial charge in [-0.15, -0.1) is 0 Å². The summed E-state index contributed by atoms with van der Waals surface area (Å²) in [6.45, 7) is 0.896. The molecule has 0 saturated heterocycles. The summed E-state index contributed by atoms with van der Waals surface area (Å²) < 4.78 is 7.76. The van der Waals surface area contributed by atoms with Crippen molar-refractivity contribution in [3.05, 3.63) is 92.0 Å². The van der Waals surface area contributed by atoms with E-state index in [1.54, 1.807) is 4.57 Å². The maximum absolute atomic E-state index is 12.4. The molecule has 0 bridgehead atoms. The fourth-order valence-corrected chi connectivity index (χ4v) is 2.77. The normalized spacial score (nSPS) is 10.5. The van der Waals surface area contributed by atoms with Crippen LogP contribution in [0.25, 0.3) is 0 Å². The molecule has 0 radical (unpaired) electrons. The molecule has 0 spiro atoms. The summed E-state index contributed by atoms with van der Waals surface area (Å²) in [5.41, 5.74) is 2.01. The van der Waals surface area contributed by atoms with Gasteiger partial charge >= 0.3 is 0 Å². The Labute approximate surface area is 147 Å². The Morgan fingerprint density at radius 1 is 0.957 bits per heavy atom. The molecule has 0 saturated carbocycles. The van der Waals surface area contributed by atoms with Crippen LogP contribution in [0.5, 0.6) is 5.88 Å². The lowest BCUT2D eigenvalue weighted by Crippen LogP contribution is -2.24. The SMILES string of the molecule is O=c1c(I)c(OCc2ccccc2)ncn1Cc1ccccc1. The zero-order valence-electron chi connectivity index (χ0n) is 12.4. The molecule has 0 aliphatic heterocycles. The van der Waals surface area contributed by atoms with Gasteiger partial charge in [0.1, 0.15) is 16.5 Å². The van der Waals surface area contributed by atoms with Crippen molar-refractivity contribution in [1.29, 1.82) is 0 Å². The minimum Gasteiger partial charge on any atom is -0.472 e. The second-order valence-electron chi connectivity index (χ2n) is 5.06. The second kappa shape index (κ2) is 7.41. The van der Waals surface area contributed by atoms with E-state index in [0.29, 0.717) is 22.6 Å². The van der Waals surface area contributed by atoms with E-state index in [-0.39, 0.29) is 5.56 Å². The van der Waals surface area contributed by atoms with E-state index in [1.807, 2.05) is 83.3 Å². The van der Waals surface area contributed by atoms with Gasteiger partial charge in [0.25, 0.3) is 5.56 Å². The van der Waals surface area contributed by atoms with Crippen LogP contribution in [0.2, 0.25) is 0 Å². The molecule has 0 atom stereocenters. The Hall–Kier alpha value is -2.15. The molecule has 5 heteroatoms. The van der Waals surface area contributed by atoms with Gasteiger partial charge in [0.2, 0.25) is 5.88 Å². The molecule has 0 fully saturated rings. The first-order chi connectivity index (χ1) is 11.2. The molecule has 2 aromatic carbocycles. The fourth-order valence-electron chi connectivity index (χ4n) is 2.17. The van der Waals surface area contributed by atoms with Crippen LogP contribution in [-0.4, -0.2) is 9.55 Å². The van der Waals surface area contributed by atoms with Crippen molar-refractivity contribution in [1.82, 2.24) is 9.55 Å². The molecule has 4 nitrogen and oxygen atoms in total. The van der Waals surface area contributed by atoms with Crippen LogP contribution in [0.15, 0.2) is 71.8 Å². The molecule has 23 heavy (non-hydrogen) atoms. The molecule has 0 N–H and O–H groups in total. The lowest BCUT2D eigenvalue weighted by atomic mass is 10.2. The van der Waals surface area contributed by atoms with Crippen molar-refractivity contribution < 1.29 is 4.74 Å². The van der Waals surface area contributed by atoms with Crippen LogP contribution < -0.4 is 10.3 Å². The number of hydrogen-bond acceptors (Lipinski definition) is 3. The molecular formula is C18H15IN2O2. The first-order valence-electron chi connectivity index (χ1n) is 7.19. The van der Waals surface area contributed by atoms with Gasteiger partial charge < -0.3 is 4.74 Å². The van der Waals surface area contributed by atoms with Gasteiger partial charge in [-0.05, 0) is 33.7 Å². The number of benzene rings is 2. The minimum atomic E-state index is -0.0903. The highest BCUT2D eigenvalue weighted by atomic mass is 127. The summed E-state index contributed by atoms with van der Waals surface area (Å²) >= 11 is 2.00. The average molecular weight is 418 g/mol. The van der Waals surface area contributed by atoms with E-state index in [4.69, 9.17) is 4.74 Å². The zero-order chi connectivity index (χ0) is 16.1. The van der Waals surface area contributed by atoms with E-state index in [1.165, 1.54) is 6.33 Å². The number of aromatic nitrogens is 2. The Kier molecular flexibility index (Phi) is 5.07. The number of halogens is 1. The molecule has 3 aromatic rings. The molecule has 3 rings (SSSR count). The molecule has 0 aliphatic rings. The lowest BCUT2D eigenvalue weighted by molar-refractivity contribution is 0.289. The predicted octanol–water partition coefficient (Wildman–Crippen LogP) is 3.48. The Balaban J connectivity index is 1.76. The highest BCUT2D eigenvalue weighted by Crippen LogP contribution is 2.15. The van der Waals surface area contributed by atoms with Gasteiger partial charge in [0.05, 0.1) is 6.54 Å². The van der Waals surface area contributed by atoms with Crippen molar-refractivity contribution in [3.63, 3.8) is 0 Å². The van der Waals surface area contributed by atoms with Gasteiger partial charge in [-0.2, -0.15) is 0 Å². The number of rotatable bonds is 5. The number of nitrogens with zero attached hydrogens (tertiary/aromatic N) is 2. The number of ether oxygens (including phenoxy) is 1. The lowest BCUT2D eigenvalue weighted by Gasteiger charge is -2.10. The summed E-state index contributed by atoms with van der Waals surface area (Å²) in [4.78, 5) is 16.7. The molecule has 1 aromatic heterocycles. The molecule has 1 heterocycles. The topological polar surface area (TPSA) is 44.1 Å². The highest BCUT2D eigenvalue weighted by molar-refractivity contribution is 14.1. The maximum Gasteiger partial charge on any atom is 0.271 e.